The second-order valence-electron chi connectivity index (χ2n) is 3.34. The van der Waals surface area contributed by atoms with Gasteiger partial charge in [-0.3, -0.25) is 0 Å². The SMILES string of the molecule is [N-]=[N+]=NS(=O)(=O)c1cccc2c(N)cccc12. The Hall–Kier alpha value is -2.24. The summed E-state index contributed by atoms with van der Waals surface area (Å²) in [6.45, 7) is 0. The Labute approximate surface area is 97.3 Å². The van der Waals surface area contributed by atoms with E-state index in [1.165, 1.54) is 6.07 Å². The van der Waals surface area contributed by atoms with Crippen LogP contribution < -0.4 is 5.73 Å². The van der Waals surface area contributed by atoms with Gasteiger partial charge < -0.3 is 5.73 Å². The van der Waals surface area contributed by atoms with Crippen LogP contribution in [0.3, 0.4) is 0 Å². The number of anilines is 1. The molecule has 0 heterocycles. The minimum absolute atomic E-state index is 0.0416. The van der Waals surface area contributed by atoms with Crippen LogP contribution in [0.25, 0.3) is 21.2 Å². The summed E-state index contributed by atoms with van der Waals surface area (Å²) in [6, 6.07) is 9.58. The van der Waals surface area contributed by atoms with Crippen molar-refractivity contribution in [2.45, 2.75) is 4.90 Å². The fraction of sp³-hybridized carbons (Fsp3) is 0. The first-order valence-electron chi connectivity index (χ1n) is 4.65. The van der Waals surface area contributed by atoms with E-state index in [9.17, 15) is 8.42 Å². The molecule has 6 nitrogen and oxygen atoms in total. The molecule has 0 fully saturated rings. The highest BCUT2D eigenvalue weighted by molar-refractivity contribution is 7.90. The highest BCUT2D eigenvalue weighted by Crippen LogP contribution is 2.27. The third kappa shape index (κ3) is 1.89. The quantitative estimate of drug-likeness (QED) is 0.381. The van der Waals surface area contributed by atoms with Gasteiger partial charge in [-0.05, 0) is 17.7 Å². The summed E-state index contributed by atoms with van der Waals surface area (Å²) in [5.41, 5.74) is 14.5. The van der Waals surface area contributed by atoms with Crippen molar-refractivity contribution in [1.29, 1.82) is 0 Å². The van der Waals surface area contributed by atoms with Crippen molar-refractivity contribution in [1.82, 2.24) is 0 Å². The lowest BCUT2D eigenvalue weighted by Crippen LogP contribution is -1.97. The van der Waals surface area contributed by atoms with Crippen molar-refractivity contribution in [3.05, 3.63) is 46.8 Å². The van der Waals surface area contributed by atoms with Crippen LogP contribution in [0.5, 0.6) is 0 Å². The molecule has 2 rings (SSSR count). The second kappa shape index (κ2) is 3.97. The molecule has 0 aliphatic rings. The largest absolute Gasteiger partial charge is 0.398 e. The predicted molar refractivity (Wildman–Crippen MR) is 64.7 cm³/mol. The summed E-state index contributed by atoms with van der Waals surface area (Å²) in [5.74, 6) is 0. The maximum Gasteiger partial charge on any atom is 0.264 e. The monoisotopic (exact) mass is 248 g/mol. The molecular formula is C10H8N4O2S. The normalized spacial score (nSPS) is 11.1. The Morgan fingerprint density at radius 2 is 1.76 bits per heavy atom. The van der Waals surface area contributed by atoms with E-state index >= 15 is 0 Å². The first-order valence-corrected chi connectivity index (χ1v) is 6.09. The summed E-state index contributed by atoms with van der Waals surface area (Å²) in [5, 5.41) is 1.06. The lowest BCUT2D eigenvalue weighted by Gasteiger charge is -2.05. The van der Waals surface area contributed by atoms with Crippen LogP contribution in [-0.2, 0) is 10.0 Å². The lowest BCUT2D eigenvalue weighted by atomic mass is 10.1. The van der Waals surface area contributed by atoms with Crippen LogP contribution in [0.2, 0.25) is 0 Å². The molecule has 2 aromatic carbocycles. The Kier molecular flexibility index (Phi) is 2.63. The van der Waals surface area contributed by atoms with Gasteiger partial charge >= 0.3 is 0 Å². The number of fused-ring (bicyclic) bond motifs is 1. The first kappa shape index (κ1) is 11.3. The number of nitrogens with zero attached hydrogens (tertiary/aromatic N) is 3. The molecule has 0 aliphatic carbocycles. The van der Waals surface area contributed by atoms with Gasteiger partial charge in [-0.1, -0.05) is 24.3 Å². The van der Waals surface area contributed by atoms with Crippen molar-refractivity contribution in [2.24, 2.45) is 4.52 Å². The molecule has 0 amide bonds. The van der Waals surface area contributed by atoms with E-state index in [1.807, 2.05) is 0 Å². The number of rotatable bonds is 2. The Morgan fingerprint density at radius 1 is 1.12 bits per heavy atom. The van der Waals surface area contributed by atoms with Crippen molar-refractivity contribution in [2.75, 3.05) is 5.73 Å². The van der Waals surface area contributed by atoms with E-state index in [0.29, 0.717) is 16.5 Å². The van der Waals surface area contributed by atoms with E-state index in [0.717, 1.165) is 0 Å². The van der Waals surface area contributed by atoms with Gasteiger partial charge in [0.05, 0.1) is 4.90 Å². The highest BCUT2D eigenvalue weighted by atomic mass is 32.2. The molecule has 86 valence electrons. The van der Waals surface area contributed by atoms with Crippen molar-refractivity contribution in [3.8, 4) is 0 Å². The van der Waals surface area contributed by atoms with Crippen LogP contribution >= 0.6 is 0 Å². The smallest absolute Gasteiger partial charge is 0.264 e. The summed E-state index contributed by atoms with van der Waals surface area (Å²) in [6.07, 6.45) is 0. The molecule has 0 radical (unpaired) electrons. The lowest BCUT2D eigenvalue weighted by molar-refractivity contribution is 0.598. The molecule has 0 atom stereocenters. The van der Waals surface area contributed by atoms with E-state index in [-0.39, 0.29) is 4.90 Å². The minimum Gasteiger partial charge on any atom is -0.398 e. The summed E-state index contributed by atoms with van der Waals surface area (Å²) >= 11 is 0. The number of benzene rings is 2. The molecule has 0 aliphatic heterocycles. The Balaban J connectivity index is 2.90. The summed E-state index contributed by atoms with van der Waals surface area (Å²) in [4.78, 5) is 2.28. The molecule has 17 heavy (non-hydrogen) atoms. The molecule has 2 N–H and O–H groups in total. The third-order valence-corrected chi connectivity index (χ3v) is 3.54. The number of sulfonamides is 1. The zero-order valence-corrected chi connectivity index (χ0v) is 9.42. The zero-order valence-electron chi connectivity index (χ0n) is 8.61. The Morgan fingerprint density at radius 3 is 2.47 bits per heavy atom. The predicted octanol–water partition coefficient (Wildman–Crippen LogP) is 2.42. The number of nitrogens with two attached hydrogens (primary N) is 1. The van der Waals surface area contributed by atoms with Crippen LogP contribution in [0.4, 0.5) is 5.69 Å². The number of azide groups is 1. The zero-order chi connectivity index (χ0) is 12.5. The molecule has 0 saturated carbocycles. The van der Waals surface area contributed by atoms with Gasteiger partial charge in [0.2, 0.25) is 0 Å². The average Bonchev–Trinajstić information content (AvgIpc) is 2.29. The maximum absolute atomic E-state index is 11.7. The number of hydrogen-bond acceptors (Lipinski definition) is 3. The Bertz CT molecular complexity index is 733. The van der Waals surface area contributed by atoms with Crippen molar-refractivity contribution in [3.63, 3.8) is 0 Å². The van der Waals surface area contributed by atoms with Gasteiger partial charge in [-0.25, -0.2) is 8.42 Å². The number of nitrogen functional groups attached to an aromatic ring is 1. The molecule has 0 spiro atoms. The average molecular weight is 248 g/mol. The highest BCUT2D eigenvalue weighted by Gasteiger charge is 2.15. The topological polar surface area (TPSA) is 109 Å². The fourth-order valence-corrected chi connectivity index (χ4v) is 2.51. The maximum atomic E-state index is 11.7. The third-order valence-electron chi connectivity index (χ3n) is 2.34. The van der Waals surface area contributed by atoms with E-state index in [2.05, 4.69) is 9.43 Å². The molecule has 2 aromatic rings. The summed E-state index contributed by atoms with van der Waals surface area (Å²) in [7, 11) is -4.00. The van der Waals surface area contributed by atoms with Gasteiger partial charge in [0.25, 0.3) is 10.0 Å². The van der Waals surface area contributed by atoms with Crippen LogP contribution in [0.15, 0.2) is 45.8 Å². The van der Waals surface area contributed by atoms with Gasteiger partial charge in [0, 0.05) is 25.9 Å². The fourth-order valence-electron chi connectivity index (χ4n) is 1.62. The van der Waals surface area contributed by atoms with Gasteiger partial charge in [0.1, 0.15) is 0 Å². The number of hydrogen-bond donors (Lipinski definition) is 1. The van der Waals surface area contributed by atoms with Crippen LogP contribution in [0.1, 0.15) is 0 Å². The molecular weight excluding hydrogens is 240 g/mol. The minimum atomic E-state index is -4.00. The second-order valence-corrected chi connectivity index (χ2v) is 4.90. The van der Waals surface area contributed by atoms with E-state index < -0.39 is 10.0 Å². The summed E-state index contributed by atoms with van der Waals surface area (Å²) < 4.78 is 26.2. The van der Waals surface area contributed by atoms with Gasteiger partial charge in [-0.2, -0.15) is 0 Å². The molecule has 0 unspecified atom stereocenters. The van der Waals surface area contributed by atoms with Crippen molar-refractivity contribution >= 4 is 26.5 Å². The van der Waals surface area contributed by atoms with Gasteiger partial charge in [0.15, 0.2) is 0 Å². The van der Waals surface area contributed by atoms with Crippen molar-refractivity contribution < 1.29 is 8.42 Å². The van der Waals surface area contributed by atoms with Crippen LogP contribution in [-0.4, -0.2) is 8.42 Å². The van der Waals surface area contributed by atoms with Crippen LogP contribution in [0, 0.1) is 0 Å². The molecule has 0 bridgehead atoms. The molecule has 0 aromatic heterocycles. The first-order chi connectivity index (χ1) is 8.06. The van der Waals surface area contributed by atoms with Gasteiger partial charge in [-0.15, -0.1) is 0 Å². The standard InChI is InChI=1S/C10H8N4O2S/c11-9-5-1-4-8-7(9)3-2-6-10(8)17(15,16)14-13-12/h1-6H,11H2. The molecule has 7 heteroatoms. The van der Waals surface area contributed by atoms with E-state index in [1.54, 1.807) is 30.3 Å². The van der Waals surface area contributed by atoms with E-state index in [4.69, 9.17) is 11.3 Å². The molecule has 0 saturated heterocycles.